The van der Waals surface area contributed by atoms with E-state index in [2.05, 4.69) is 10.1 Å². The van der Waals surface area contributed by atoms with Crippen molar-refractivity contribution in [2.75, 3.05) is 0 Å². The van der Waals surface area contributed by atoms with Gasteiger partial charge >= 0.3 is 0 Å². The summed E-state index contributed by atoms with van der Waals surface area (Å²) in [5.74, 6) is 0.335. The first-order valence-electron chi connectivity index (χ1n) is 5.54. The fourth-order valence-corrected chi connectivity index (χ4v) is 1.38. The van der Waals surface area contributed by atoms with Gasteiger partial charge in [-0.05, 0) is 0 Å². The summed E-state index contributed by atoms with van der Waals surface area (Å²) in [6.07, 6.45) is 1.56. The Kier molecular flexibility index (Phi) is 3.14. The first kappa shape index (κ1) is 12.3. The second-order valence-corrected chi connectivity index (χ2v) is 4.55. The van der Waals surface area contributed by atoms with Gasteiger partial charge in [0.25, 0.3) is 0 Å². The quantitative estimate of drug-likeness (QED) is 0.889. The third-order valence-electron chi connectivity index (χ3n) is 2.59. The van der Waals surface area contributed by atoms with E-state index in [9.17, 15) is 4.79 Å². The molecule has 0 spiro atoms. The molecular formula is C13H14N3O2. The standard InChI is InChI=1S/C13H14N3O2/c1-13(2,12(14)17)8-10-15-11(16-18-10)9-6-4-3-5-7-9/h3-8H,1-2H3,(H2,14,17). The highest BCUT2D eigenvalue weighted by atomic mass is 16.5. The molecule has 0 saturated carbocycles. The minimum absolute atomic E-state index is 0.289. The van der Waals surface area contributed by atoms with Crippen molar-refractivity contribution in [3.63, 3.8) is 0 Å². The number of nitrogens with zero attached hydrogens (tertiary/aromatic N) is 2. The van der Waals surface area contributed by atoms with Crippen LogP contribution in [0.5, 0.6) is 0 Å². The minimum atomic E-state index is -0.819. The highest BCUT2D eigenvalue weighted by Crippen LogP contribution is 2.24. The molecule has 1 radical (unpaired) electrons. The molecule has 0 aliphatic rings. The number of primary amides is 1. The van der Waals surface area contributed by atoms with Gasteiger partial charge in [-0.1, -0.05) is 49.3 Å². The van der Waals surface area contributed by atoms with Crippen molar-refractivity contribution in [2.45, 2.75) is 13.8 Å². The summed E-state index contributed by atoms with van der Waals surface area (Å²) in [5, 5.41) is 3.86. The lowest BCUT2D eigenvalue weighted by Crippen LogP contribution is -2.32. The van der Waals surface area contributed by atoms with Crippen LogP contribution in [0.25, 0.3) is 11.4 Å². The number of carbonyl (C=O) groups excluding carboxylic acids is 1. The minimum Gasteiger partial charge on any atom is -0.369 e. The van der Waals surface area contributed by atoms with E-state index in [0.29, 0.717) is 5.82 Å². The van der Waals surface area contributed by atoms with Crippen LogP contribution in [0.2, 0.25) is 0 Å². The number of hydrogen-bond donors (Lipinski definition) is 1. The van der Waals surface area contributed by atoms with Crippen molar-refractivity contribution in [3.8, 4) is 11.4 Å². The zero-order valence-corrected chi connectivity index (χ0v) is 10.3. The van der Waals surface area contributed by atoms with Gasteiger partial charge in [-0.3, -0.25) is 4.79 Å². The Hall–Kier alpha value is -2.17. The van der Waals surface area contributed by atoms with Gasteiger partial charge in [-0.15, -0.1) is 0 Å². The van der Waals surface area contributed by atoms with Gasteiger partial charge in [0.2, 0.25) is 17.6 Å². The predicted molar refractivity (Wildman–Crippen MR) is 66.1 cm³/mol. The van der Waals surface area contributed by atoms with Crippen molar-refractivity contribution in [2.24, 2.45) is 11.1 Å². The fourth-order valence-electron chi connectivity index (χ4n) is 1.38. The number of aromatic nitrogens is 2. The maximum Gasteiger partial charge on any atom is 0.231 e. The summed E-state index contributed by atoms with van der Waals surface area (Å²) in [5.41, 5.74) is 5.32. The summed E-state index contributed by atoms with van der Waals surface area (Å²) in [6, 6.07) is 9.46. The molecule has 0 unspecified atom stereocenters. The summed E-state index contributed by atoms with van der Waals surface area (Å²) in [7, 11) is 0. The molecule has 5 nitrogen and oxygen atoms in total. The predicted octanol–water partition coefficient (Wildman–Crippen LogP) is 1.80. The van der Waals surface area contributed by atoms with Crippen LogP contribution >= 0.6 is 0 Å². The Morgan fingerprint density at radius 1 is 1.33 bits per heavy atom. The van der Waals surface area contributed by atoms with Crippen molar-refractivity contribution < 1.29 is 9.32 Å². The summed E-state index contributed by atoms with van der Waals surface area (Å²) in [4.78, 5) is 15.4. The van der Waals surface area contributed by atoms with E-state index in [0.717, 1.165) is 5.56 Å². The molecule has 2 N–H and O–H groups in total. The van der Waals surface area contributed by atoms with Gasteiger partial charge in [-0.25, -0.2) is 0 Å². The van der Waals surface area contributed by atoms with Gasteiger partial charge in [-0.2, -0.15) is 4.98 Å². The molecule has 1 aromatic heterocycles. The largest absolute Gasteiger partial charge is 0.369 e. The molecule has 5 heteroatoms. The van der Waals surface area contributed by atoms with Gasteiger partial charge in [0.15, 0.2) is 0 Å². The Labute approximate surface area is 105 Å². The molecule has 0 saturated heterocycles. The highest BCUT2D eigenvalue weighted by Gasteiger charge is 2.28. The molecule has 0 fully saturated rings. The van der Waals surface area contributed by atoms with Crippen molar-refractivity contribution in [1.82, 2.24) is 10.1 Å². The number of carbonyl (C=O) groups is 1. The molecule has 18 heavy (non-hydrogen) atoms. The number of nitrogens with two attached hydrogens (primary N) is 1. The number of rotatable bonds is 4. The Morgan fingerprint density at radius 3 is 2.61 bits per heavy atom. The molecular weight excluding hydrogens is 230 g/mol. The molecule has 2 aromatic rings. The van der Waals surface area contributed by atoms with Crippen LogP contribution < -0.4 is 5.73 Å². The van der Waals surface area contributed by atoms with E-state index in [1.807, 2.05) is 30.3 Å². The van der Waals surface area contributed by atoms with Crippen LogP contribution in [0.1, 0.15) is 19.7 Å². The zero-order chi connectivity index (χ0) is 13.2. The summed E-state index contributed by atoms with van der Waals surface area (Å²) < 4.78 is 5.08. The molecule has 1 aromatic carbocycles. The average molecular weight is 244 g/mol. The van der Waals surface area contributed by atoms with E-state index < -0.39 is 11.3 Å². The Balaban J connectivity index is 2.19. The fraction of sp³-hybridized carbons (Fsp3) is 0.231. The van der Waals surface area contributed by atoms with Crippen LogP contribution in [-0.4, -0.2) is 16.0 Å². The Morgan fingerprint density at radius 2 is 2.00 bits per heavy atom. The number of benzene rings is 1. The molecule has 1 amide bonds. The second kappa shape index (κ2) is 4.60. The topological polar surface area (TPSA) is 82.0 Å². The van der Waals surface area contributed by atoms with Crippen LogP contribution in [0.15, 0.2) is 34.9 Å². The molecule has 0 aliphatic carbocycles. The van der Waals surface area contributed by atoms with Crippen LogP contribution in [-0.2, 0) is 4.79 Å². The second-order valence-electron chi connectivity index (χ2n) is 4.55. The van der Waals surface area contributed by atoms with Gasteiger partial charge in [0.05, 0.1) is 11.8 Å². The third-order valence-corrected chi connectivity index (χ3v) is 2.59. The molecule has 2 rings (SSSR count). The lowest BCUT2D eigenvalue weighted by molar-refractivity contribution is -0.124. The van der Waals surface area contributed by atoms with E-state index in [1.54, 1.807) is 20.3 Å². The van der Waals surface area contributed by atoms with Crippen LogP contribution in [0.4, 0.5) is 0 Å². The van der Waals surface area contributed by atoms with Crippen molar-refractivity contribution in [1.29, 1.82) is 0 Å². The maximum atomic E-state index is 11.2. The monoisotopic (exact) mass is 244 g/mol. The summed E-state index contributed by atoms with van der Waals surface area (Å²) in [6.45, 7) is 3.39. The van der Waals surface area contributed by atoms with Crippen LogP contribution in [0.3, 0.4) is 0 Å². The molecule has 0 bridgehead atoms. The van der Waals surface area contributed by atoms with Crippen LogP contribution in [0, 0.1) is 11.8 Å². The van der Waals surface area contributed by atoms with Gasteiger partial charge < -0.3 is 10.3 Å². The molecule has 1 heterocycles. The van der Waals surface area contributed by atoms with E-state index in [4.69, 9.17) is 10.3 Å². The van der Waals surface area contributed by atoms with E-state index in [-0.39, 0.29) is 5.89 Å². The Bertz CT molecular complexity index is 546. The van der Waals surface area contributed by atoms with Gasteiger partial charge in [0.1, 0.15) is 0 Å². The summed E-state index contributed by atoms with van der Waals surface area (Å²) >= 11 is 0. The lowest BCUT2D eigenvalue weighted by atomic mass is 9.89. The normalized spacial score (nSPS) is 11.4. The van der Waals surface area contributed by atoms with Crippen molar-refractivity contribution >= 4 is 5.91 Å². The van der Waals surface area contributed by atoms with E-state index in [1.165, 1.54) is 0 Å². The van der Waals surface area contributed by atoms with Gasteiger partial charge in [0, 0.05) is 5.56 Å². The molecule has 0 atom stereocenters. The molecule has 0 aliphatic heterocycles. The first-order valence-corrected chi connectivity index (χ1v) is 5.54. The highest BCUT2D eigenvalue weighted by molar-refractivity contribution is 5.81. The zero-order valence-electron chi connectivity index (χ0n) is 10.3. The maximum absolute atomic E-state index is 11.2. The third kappa shape index (κ3) is 2.56. The molecule has 93 valence electrons. The van der Waals surface area contributed by atoms with E-state index >= 15 is 0 Å². The number of hydrogen-bond acceptors (Lipinski definition) is 4. The first-order chi connectivity index (χ1) is 8.49. The van der Waals surface area contributed by atoms with Crippen molar-refractivity contribution in [3.05, 3.63) is 42.6 Å². The smallest absolute Gasteiger partial charge is 0.231 e. The average Bonchev–Trinajstić information content (AvgIpc) is 2.78. The lowest BCUT2D eigenvalue weighted by Gasteiger charge is -2.16. The number of amides is 1. The SMILES string of the molecule is CC(C)([CH]c1nc(-c2ccccc2)no1)C(N)=O.